The number of nitrogens with zero attached hydrogens (tertiary/aromatic N) is 1. The molecule has 1 aromatic rings. The zero-order chi connectivity index (χ0) is 13.5. The smallest absolute Gasteiger partial charge is 0.0668 e. The predicted octanol–water partition coefficient (Wildman–Crippen LogP) is 4.47. The van der Waals surface area contributed by atoms with E-state index in [2.05, 4.69) is 43.5 Å². The van der Waals surface area contributed by atoms with Gasteiger partial charge in [0, 0.05) is 5.41 Å². The van der Waals surface area contributed by atoms with E-state index in [9.17, 15) is 0 Å². The van der Waals surface area contributed by atoms with Crippen molar-refractivity contribution < 1.29 is 0 Å². The lowest BCUT2D eigenvalue weighted by Gasteiger charge is -2.43. The zero-order valence-corrected chi connectivity index (χ0v) is 12.0. The van der Waals surface area contributed by atoms with E-state index in [4.69, 9.17) is 0 Å². The minimum atomic E-state index is 0.189. The Bertz CT molecular complexity index is 527. The Morgan fingerprint density at radius 1 is 1.16 bits per heavy atom. The number of para-hydroxylation sites is 1. The van der Waals surface area contributed by atoms with Crippen molar-refractivity contribution in [1.82, 2.24) is 0 Å². The second-order valence-electron chi connectivity index (χ2n) is 6.53. The molecular weight excluding hydrogens is 232 g/mol. The van der Waals surface area contributed by atoms with Crippen molar-refractivity contribution in [3.8, 4) is 0 Å². The standard InChI is InChI=1S/C17H22N2/c1-16(2)13-9-10-15(17(16,3)12-11-13)19-18-14-7-5-4-6-8-14/h4-10,13,18H,11-12H2,1-3H3/t13-,17-/m0/s1. The molecule has 3 rings (SSSR count). The number of fused-ring (bicyclic) bond motifs is 2. The number of hydrazone groups is 1. The first kappa shape index (κ1) is 12.5. The Morgan fingerprint density at radius 3 is 2.63 bits per heavy atom. The van der Waals surface area contributed by atoms with Gasteiger partial charge in [-0.2, -0.15) is 5.10 Å². The summed E-state index contributed by atoms with van der Waals surface area (Å²) in [4.78, 5) is 0. The van der Waals surface area contributed by atoms with Crippen molar-refractivity contribution in [1.29, 1.82) is 0 Å². The van der Waals surface area contributed by atoms with E-state index in [1.807, 2.05) is 30.3 Å². The normalized spacial score (nSPS) is 33.6. The van der Waals surface area contributed by atoms with Crippen molar-refractivity contribution >= 4 is 11.4 Å². The summed E-state index contributed by atoms with van der Waals surface area (Å²) < 4.78 is 0. The molecule has 0 aromatic heterocycles. The van der Waals surface area contributed by atoms with Crippen LogP contribution in [0.1, 0.15) is 33.6 Å². The van der Waals surface area contributed by atoms with Gasteiger partial charge >= 0.3 is 0 Å². The quantitative estimate of drug-likeness (QED) is 0.774. The number of hydrogen-bond donors (Lipinski definition) is 1. The minimum absolute atomic E-state index is 0.189. The highest BCUT2D eigenvalue weighted by molar-refractivity contribution is 6.01. The van der Waals surface area contributed by atoms with Crippen LogP contribution in [0.3, 0.4) is 0 Å². The first-order chi connectivity index (χ1) is 9.04. The van der Waals surface area contributed by atoms with Gasteiger partial charge in [0.2, 0.25) is 0 Å². The van der Waals surface area contributed by atoms with Crippen molar-refractivity contribution in [2.45, 2.75) is 33.6 Å². The Kier molecular flexibility index (Phi) is 2.77. The van der Waals surface area contributed by atoms with E-state index in [0.29, 0.717) is 11.3 Å². The summed E-state index contributed by atoms with van der Waals surface area (Å²) in [6.45, 7) is 7.13. The monoisotopic (exact) mass is 254 g/mol. The van der Waals surface area contributed by atoms with Crippen LogP contribution in [0.2, 0.25) is 0 Å². The first-order valence-corrected chi connectivity index (χ1v) is 7.11. The lowest BCUT2D eigenvalue weighted by atomic mass is 9.61. The molecule has 2 nitrogen and oxygen atoms in total. The third-order valence-corrected chi connectivity index (χ3v) is 5.44. The summed E-state index contributed by atoms with van der Waals surface area (Å²) in [6, 6.07) is 10.2. The molecule has 19 heavy (non-hydrogen) atoms. The summed E-state index contributed by atoms with van der Waals surface area (Å²) in [7, 11) is 0. The Balaban J connectivity index is 1.89. The molecule has 100 valence electrons. The van der Waals surface area contributed by atoms with E-state index in [-0.39, 0.29) is 5.41 Å². The van der Waals surface area contributed by atoms with E-state index >= 15 is 0 Å². The summed E-state index contributed by atoms with van der Waals surface area (Å²) in [5.41, 5.74) is 5.93. The number of benzene rings is 1. The van der Waals surface area contributed by atoms with Crippen LogP contribution in [0.15, 0.2) is 47.6 Å². The van der Waals surface area contributed by atoms with Crippen LogP contribution < -0.4 is 5.43 Å². The molecule has 2 heteroatoms. The van der Waals surface area contributed by atoms with Gasteiger partial charge in [0.25, 0.3) is 0 Å². The molecule has 0 radical (unpaired) electrons. The van der Waals surface area contributed by atoms with Gasteiger partial charge in [-0.3, -0.25) is 5.43 Å². The fourth-order valence-corrected chi connectivity index (χ4v) is 3.52. The molecule has 2 aliphatic carbocycles. The predicted molar refractivity (Wildman–Crippen MR) is 81.3 cm³/mol. The minimum Gasteiger partial charge on any atom is -0.278 e. The average molecular weight is 254 g/mol. The van der Waals surface area contributed by atoms with Crippen LogP contribution in [0.5, 0.6) is 0 Å². The van der Waals surface area contributed by atoms with Gasteiger partial charge < -0.3 is 0 Å². The maximum absolute atomic E-state index is 4.68. The molecule has 1 aromatic carbocycles. The lowest BCUT2D eigenvalue weighted by Crippen LogP contribution is -2.42. The van der Waals surface area contributed by atoms with E-state index in [1.54, 1.807) is 0 Å². The molecule has 0 unspecified atom stereocenters. The van der Waals surface area contributed by atoms with Crippen LogP contribution in [0.4, 0.5) is 5.69 Å². The number of anilines is 1. The van der Waals surface area contributed by atoms with Crippen LogP contribution in [0, 0.1) is 16.7 Å². The molecule has 2 atom stereocenters. The van der Waals surface area contributed by atoms with Crippen LogP contribution in [-0.4, -0.2) is 5.71 Å². The van der Waals surface area contributed by atoms with Crippen molar-refractivity contribution in [3.05, 3.63) is 42.5 Å². The summed E-state index contributed by atoms with van der Waals surface area (Å²) >= 11 is 0. The van der Waals surface area contributed by atoms with Gasteiger partial charge in [0.1, 0.15) is 0 Å². The highest BCUT2D eigenvalue weighted by atomic mass is 15.3. The molecule has 0 spiro atoms. The van der Waals surface area contributed by atoms with Gasteiger partial charge in [-0.15, -0.1) is 0 Å². The van der Waals surface area contributed by atoms with E-state index < -0.39 is 0 Å². The van der Waals surface area contributed by atoms with Crippen LogP contribution >= 0.6 is 0 Å². The summed E-state index contributed by atoms with van der Waals surface area (Å²) in [5, 5.41) is 4.68. The number of allylic oxidation sites excluding steroid dienone is 2. The van der Waals surface area contributed by atoms with Crippen LogP contribution in [0.25, 0.3) is 0 Å². The fourth-order valence-electron chi connectivity index (χ4n) is 3.52. The average Bonchev–Trinajstić information content (AvgIpc) is 2.55. The second kappa shape index (κ2) is 4.22. The van der Waals surface area contributed by atoms with Gasteiger partial charge in [-0.05, 0) is 42.4 Å². The molecule has 1 fully saturated rings. The van der Waals surface area contributed by atoms with Crippen molar-refractivity contribution in [3.63, 3.8) is 0 Å². The third kappa shape index (κ3) is 1.81. The summed E-state index contributed by atoms with van der Waals surface area (Å²) in [6.07, 6.45) is 7.08. The molecule has 0 aliphatic heterocycles. The molecule has 1 saturated carbocycles. The van der Waals surface area contributed by atoms with Crippen molar-refractivity contribution in [2.75, 3.05) is 5.43 Å². The SMILES string of the molecule is CC1(C)[C@H]2C=CC(=NNc3ccccc3)[C@]1(C)CC2. The molecular formula is C17H22N2. The van der Waals surface area contributed by atoms with Crippen LogP contribution in [-0.2, 0) is 0 Å². The van der Waals surface area contributed by atoms with Gasteiger partial charge in [-0.25, -0.2) is 0 Å². The highest BCUT2D eigenvalue weighted by Gasteiger charge is 2.54. The van der Waals surface area contributed by atoms with Gasteiger partial charge in [0.15, 0.2) is 0 Å². The van der Waals surface area contributed by atoms with Crippen molar-refractivity contribution in [2.24, 2.45) is 21.8 Å². The number of nitrogens with one attached hydrogen (secondary N) is 1. The molecule has 0 amide bonds. The lowest BCUT2D eigenvalue weighted by molar-refractivity contribution is 0.174. The molecule has 0 saturated heterocycles. The topological polar surface area (TPSA) is 24.4 Å². The Morgan fingerprint density at radius 2 is 1.89 bits per heavy atom. The Hall–Kier alpha value is -1.57. The fraction of sp³-hybridized carbons (Fsp3) is 0.471. The Labute approximate surface area is 115 Å². The molecule has 2 bridgehead atoms. The molecule has 2 aliphatic rings. The highest BCUT2D eigenvalue weighted by Crippen LogP contribution is 2.59. The largest absolute Gasteiger partial charge is 0.278 e. The summed E-state index contributed by atoms with van der Waals surface area (Å²) in [5.74, 6) is 0.702. The van der Waals surface area contributed by atoms with Gasteiger partial charge in [-0.1, -0.05) is 45.0 Å². The molecule has 0 heterocycles. The van der Waals surface area contributed by atoms with E-state index in [1.165, 1.54) is 18.6 Å². The zero-order valence-electron chi connectivity index (χ0n) is 12.0. The second-order valence-corrected chi connectivity index (χ2v) is 6.53. The maximum atomic E-state index is 4.68. The number of hydrogen-bond acceptors (Lipinski definition) is 2. The number of rotatable bonds is 2. The molecule has 1 N–H and O–H groups in total. The maximum Gasteiger partial charge on any atom is 0.0668 e. The third-order valence-electron chi connectivity index (χ3n) is 5.44. The van der Waals surface area contributed by atoms with Gasteiger partial charge in [0.05, 0.1) is 11.4 Å². The van der Waals surface area contributed by atoms with E-state index in [0.717, 1.165) is 5.69 Å². The first-order valence-electron chi connectivity index (χ1n) is 7.11.